The molecule has 2 heterocycles. The molecule has 2 aromatic rings. The summed E-state index contributed by atoms with van der Waals surface area (Å²) in [5.41, 5.74) is 2.69. The van der Waals surface area contributed by atoms with Crippen LogP contribution < -0.4 is 5.32 Å². The van der Waals surface area contributed by atoms with Crippen LogP contribution in [0.4, 0.5) is 0 Å². The van der Waals surface area contributed by atoms with Gasteiger partial charge in [0.2, 0.25) is 0 Å². The molecule has 1 N–H and O–H groups in total. The standard InChI is InChI=1S/C13H19N5/c1-10-11(7-14-12-3-4-12)5-6-18(10)8-13-15-9-16-17(13)2/h5-6,9,12,14H,3-4,7-8H2,1-2H3. The van der Waals surface area contributed by atoms with Gasteiger partial charge in [0.05, 0.1) is 6.54 Å². The molecule has 0 spiro atoms. The Labute approximate surface area is 107 Å². The summed E-state index contributed by atoms with van der Waals surface area (Å²) in [5, 5.41) is 7.65. The van der Waals surface area contributed by atoms with E-state index in [2.05, 4.69) is 39.2 Å². The third-order valence-corrected chi connectivity index (χ3v) is 3.63. The SMILES string of the molecule is Cc1c(CNC2CC2)ccn1Cc1ncnn1C. The lowest BCUT2D eigenvalue weighted by Gasteiger charge is -2.07. The van der Waals surface area contributed by atoms with Gasteiger partial charge in [-0.2, -0.15) is 5.10 Å². The summed E-state index contributed by atoms with van der Waals surface area (Å²) in [6, 6.07) is 2.95. The number of aromatic nitrogens is 4. The molecular weight excluding hydrogens is 226 g/mol. The Bertz CT molecular complexity index is 535. The van der Waals surface area contributed by atoms with Crippen molar-refractivity contribution in [2.45, 2.75) is 38.9 Å². The maximum atomic E-state index is 4.26. The van der Waals surface area contributed by atoms with Crippen LogP contribution in [-0.2, 0) is 20.1 Å². The third kappa shape index (κ3) is 2.31. The summed E-state index contributed by atoms with van der Waals surface area (Å²) >= 11 is 0. The van der Waals surface area contributed by atoms with Gasteiger partial charge in [0, 0.05) is 31.5 Å². The Morgan fingerprint density at radius 2 is 2.28 bits per heavy atom. The summed E-state index contributed by atoms with van der Waals surface area (Å²) in [6.07, 6.45) is 6.40. The Morgan fingerprint density at radius 1 is 1.44 bits per heavy atom. The van der Waals surface area contributed by atoms with E-state index in [1.807, 2.05) is 11.7 Å². The quantitative estimate of drug-likeness (QED) is 0.861. The van der Waals surface area contributed by atoms with Crippen LogP contribution >= 0.6 is 0 Å². The number of rotatable bonds is 5. The van der Waals surface area contributed by atoms with E-state index in [9.17, 15) is 0 Å². The predicted octanol–water partition coefficient (Wildman–Crippen LogP) is 1.23. The third-order valence-electron chi connectivity index (χ3n) is 3.63. The van der Waals surface area contributed by atoms with Gasteiger partial charge in [0.25, 0.3) is 0 Å². The van der Waals surface area contributed by atoms with Gasteiger partial charge in [-0.25, -0.2) is 4.98 Å². The highest BCUT2D eigenvalue weighted by Gasteiger charge is 2.20. The van der Waals surface area contributed by atoms with E-state index >= 15 is 0 Å². The first-order valence-corrected chi connectivity index (χ1v) is 6.45. The maximum Gasteiger partial charge on any atom is 0.146 e. The molecule has 5 nitrogen and oxygen atoms in total. The average molecular weight is 245 g/mol. The van der Waals surface area contributed by atoms with Crippen molar-refractivity contribution >= 4 is 0 Å². The summed E-state index contributed by atoms with van der Waals surface area (Å²) < 4.78 is 4.05. The summed E-state index contributed by atoms with van der Waals surface area (Å²) in [7, 11) is 1.93. The molecule has 0 unspecified atom stereocenters. The number of aryl methyl sites for hydroxylation is 1. The first kappa shape index (κ1) is 11.5. The molecule has 0 saturated heterocycles. The summed E-state index contributed by atoms with van der Waals surface area (Å²) in [4.78, 5) is 4.26. The molecular formula is C13H19N5. The van der Waals surface area contributed by atoms with E-state index in [1.165, 1.54) is 24.1 Å². The molecule has 0 amide bonds. The Morgan fingerprint density at radius 3 is 2.94 bits per heavy atom. The van der Waals surface area contributed by atoms with E-state index in [0.717, 1.165) is 25.0 Å². The minimum atomic E-state index is 0.756. The van der Waals surface area contributed by atoms with Gasteiger partial charge >= 0.3 is 0 Å². The van der Waals surface area contributed by atoms with Crippen molar-refractivity contribution in [1.29, 1.82) is 0 Å². The monoisotopic (exact) mass is 245 g/mol. The van der Waals surface area contributed by atoms with Gasteiger partial charge in [-0.15, -0.1) is 0 Å². The maximum absolute atomic E-state index is 4.26. The topological polar surface area (TPSA) is 47.7 Å². The van der Waals surface area contributed by atoms with Crippen LogP contribution in [0.25, 0.3) is 0 Å². The Hall–Kier alpha value is -1.62. The fraction of sp³-hybridized carbons (Fsp3) is 0.538. The van der Waals surface area contributed by atoms with E-state index in [0.29, 0.717) is 0 Å². The molecule has 3 rings (SSSR count). The fourth-order valence-electron chi connectivity index (χ4n) is 2.11. The van der Waals surface area contributed by atoms with Crippen LogP contribution in [0.5, 0.6) is 0 Å². The highest BCUT2D eigenvalue weighted by Crippen LogP contribution is 2.20. The molecule has 18 heavy (non-hydrogen) atoms. The predicted molar refractivity (Wildman–Crippen MR) is 69.1 cm³/mol. The normalized spacial score (nSPS) is 15.2. The van der Waals surface area contributed by atoms with E-state index < -0.39 is 0 Å². The van der Waals surface area contributed by atoms with E-state index in [1.54, 1.807) is 6.33 Å². The van der Waals surface area contributed by atoms with Crippen LogP contribution in [0.2, 0.25) is 0 Å². The van der Waals surface area contributed by atoms with Crippen LogP contribution in [-0.4, -0.2) is 25.4 Å². The smallest absolute Gasteiger partial charge is 0.146 e. The van der Waals surface area contributed by atoms with Gasteiger partial charge in [0.15, 0.2) is 0 Å². The van der Waals surface area contributed by atoms with E-state index in [-0.39, 0.29) is 0 Å². The fourth-order valence-corrected chi connectivity index (χ4v) is 2.11. The van der Waals surface area contributed by atoms with Gasteiger partial charge in [-0.3, -0.25) is 4.68 Å². The summed E-state index contributed by atoms with van der Waals surface area (Å²) in [5.74, 6) is 0.982. The van der Waals surface area contributed by atoms with Gasteiger partial charge in [0.1, 0.15) is 12.2 Å². The molecule has 0 aromatic carbocycles. The van der Waals surface area contributed by atoms with Crippen molar-refractivity contribution in [3.8, 4) is 0 Å². The zero-order valence-electron chi connectivity index (χ0n) is 10.9. The number of nitrogens with zero attached hydrogens (tertiary/aromatic N) is 4. The molecule has 1 aliphatic rings. The molecule has 2 aromatic heterocycles. The lowest BCUT2D eigenvalue weighted by Crippen LogP contribution is -2.16. The Kier molecular flexibility index (Phi) is 2.91. The highest BCUT2D eigenvalue weighted by atomic mass is 15.3. The van der Waals surface area contributed by atoms with Crippen LogP contribution in [0.3, 0.4) is 0 Å². The van der Waals surface area contributed by atoms with Crippen molar-refractivity contribution in [1.82, 2.24) is 24.6 Å². The minimum absolute atomic E-state index is 0.756. The zero-order chi connectivity index (χ0) is 12.5. The van der Waals surface area contributed by atoms with Gasteiger partial charge < -0.3 is 9.88 Å². The molecule has 5 heteroatoms. The Balaban J connectivity index is 1.70. The molecule has 1 aliphatic carbocycles. The van der Waals surface area contributed by atoms with E-state index in [4.69, 9.17) is 0 Å². The van der Waals surface area contributed by atoms with Gasteiger partial charge in [-0.1, -0.05) is 0 Å². The first-order chi connectivity index (χ1) is 8.74. The van der Waals surface area contributed by atoms with Crippen LogP contribution in [0.1, 0.15) is 29.9 Å². The molecule has 0 bridgehead atoms. The second-order valence-electron chi connectivity index (χ2n) is 5.01. The minimum Gasteiger partial charge on any atom is -0.344 e. The second kappa shape index (κ2) is 4.57. The van der Waals surface area contributed by atoms with Crippen molar-refractivity contribution in [2.24, 2.45) is 7.05 Å². The molecule has 1 fully saturated rings. The largest absolute Gasteiger partial charge is 0.344 e. The van der Waals surface area contributed by atoms with Crippen molar-refractivity contribution in [2.75, 3.05) is 0 Å². The van der Waals surface area contributed by atoms with Gasteiger partial charge in [-0.05, 0) is 31.4 Å². The molecule has 0 aliphatic heterocycles. The molecule has 96 valence electrons. The molecule has 0 atom stereocenters. The first-order valence-electron chi connectivity index (χ1n) is 6.45. The second-order valence-corrected chi connectivity index (χ2v) is 5.01. The molecule has 0 radical (unpaired) electrons. The molecule has 1 saturated carbocycles. The summed E-state index contributed by atoms with van der Waals surface area (Å²) in [6.45, 7) is 3.92. The van der Waals surface area contributed by atoms with Crippen molar-refractivity contribution < 1.29 is 0 Å². The van der Waals surface area contributed by atoms with Crippen LogP contribution in [0, 0.1) is 6.92 Å². The number of hydrogen-bond donors (Lipinski definition) is 1. The van der Waals surface area contributed by atoms with Crippen LogP contribution in [0.15, 0.2) is 18.6 Å². The highest BCUT2D eigenvalue weighted by molar-refractivity contribution is 5.22. The number of nitrogens with one attached hydrogen (secondary N) is 1. The van der Waals surface area contributed by atoms with Crippen molar-refractivity contribution in [3.05, 3.63) is 35.7 Å². The van der Waals surface area contributed by atoms with Crippen molar-refractivity contribution in [3.63, 3.8) is 0 Å². The average Bonchev–Trinajstić information content (AvgIpc) is 3.02. The lowest BCUT2D eigenvalue weighted by molar-refractivity contribution is 0.640. The number of hydrogen-bond acceptors (Lipinski definition) is 3. The lowest BCUT2D eigenvalue weighted by atomic mass is 10.2. The zero-order valence-corrected chi connectivity index (χ0v) is 10.9.